The van der Waals surface area contributed by atoms with Gasteiger partial charge in [0.1, 0.15) is 22.7 Å². The van der Waals surface area contributed by atoms with Crippen LogP contribution in [0, 0.1) is 6.92 Å². The van der Waals surface area contributed by atoms with Crippen molar-refractivity contribution in [2.24, 2.45) is 0 Å². The zero-order valence-corrected chi connectivity index (χ0v) is 18.6. The molecular formula is C24H26N4O4. The number of anilines is 1. The van der Waals surface area contributed by atoms with Gasteiger partial charge in [-0.3, -0.25) is 19.2 Å². The minimum absolute atomic E-state index is 0.206. The highest BCUT2D eigenvalue weighted by Crippen LogP contribution is 2.39. The number of amides is 2. The number of benzene rings is 2. The normalized spacial score (nSPS) is 17.6. The van der Waals surface area contributed by atoms with E-state index in [0.29, 0.717) is 35.1 Å². The number of nitrogens with one attached hydrogen (secondary N) is 1. The van der Waals surface area contributed by atoms with Crippen molar-refractivity contribution in [1.29, 1.82) is 0 Å². The van der Waals surface area contributed by atoms with Crippen LogP contribution in [0.15, 0.2) is 54.6 Å². The Labute approximate surface area is 186 Å². The Balaban J connectivity index is 1.77. The summed E-state index contributed by atoms with van der Waals surface area (Å²) in [7, 11) is 3.08. The van der Waals surface area contributed by atoms with Crippen molar-refractivity contribution in [2.75, 3.05) is 19.1 Å². The van der Waals surface area contributed by atoms with Crippen LogP contribution in [0.3, 0.4) is 0 Å². The maximum absolute atomic E-state index is 13.6. The minimum Gasteiger partial charge on any atom is -0.497 e. The van der Waals surface area contributed by atoms with E-state index in [4.69, 9.17) is 9.47 Å². The van der Waals surface area contributed by atoms with E-state index in [1.807, 2.05) is 37.3 Å². The molecule has 0 spiro atoms. The number of hydrogen-bond acceptors (Lipinski definition) is 5. The first-order valence-electron chi connectivity index (χ1n) is 10.3. The first kappa shape index (κ1) is 21.4. The Hall–Kier alpha value is -3.81. The van der Waals surface area contributed by atoms with Crippen LogP contribution >= 0.6 is 0 Å². The van der Waals surface area contributed by atoms with Gasteiger partial charge in [0.15, 0.2) is 0 Å². The van der Waals surface area contributed by atoms with Crippen LogP contribution in [0.25, 0.3) is 0 Å². The lowest BCUT2D eigenvalue weighted by Crippen LogP contribution is -2.64. The molecule has 0 radical (unpaired) electrons. The molecule has 2 heterocycles. The zero-order valence-electron chi connectivity index (χ0n) is 18.6. The van der Waals surface area contributed by atoms with Crippen LogP contribution in [0.1, 0.15) is 28.7 Å². The fourth-order valence-corrected chi connectivity index (χ4v) is 4.03. The predicted molar refractivity (Wildman–Crippen MR) is 120 cm³/mol. The second-order valence-corrected chi connectivity index (χ2v) is 7.95. The highest BCUT2D eigenvalue weighted by atomic mass is 16.5. The lowest BCUT2D eigenvalue weighted by atomic mass is 9.93. The number of ether oxygens (including phenoxy) is 2. The van der Waals surface area contributed by atoms with E-state index in [2.05, 4.69) is 10.4 Å². The van der Waals surface area contributed by atoms with Gasteiger partial charge in [-0.2, -0.15) is 5.10 Å². The lowest BCUT2D eigenvalue weighted by Gasteiger charge is -2.43. The van der Waals surface area contributed by atoms with Gasteiger partial charge in [0.05, 0.1) is 32.1 Å². The second-order valence-electron chi connectivity index (χ2n) is 7.95. The standard InChI is InChI=1S/C24H26N4O4/c1-16-12-20-22(29)28(19-11-10-18(31-3)13-21(19)32-4)24(2,15-27(20)26-16)23(30)25-14-17-8-6-5-7-9-17/h5-13H,14-15H2,1-4H3,(H,25,30)/t24-/m0/s1. The van der Waals surface area contributed by atoms with Crippen LogP contribution < -0.4 is 19.7 Å². The van der Waals surface area contributed by atoms with Crippen molar-refractivity contribution >= 4 is 17.5 Å². The van der Waals surface area contributed by atoms with E-state index >= 15 is 0 Å². The van der Waals surface area contributed by atoms with E-state index in [-0.39, 0.29) is 18.4 Å². The molecule has 2 amide bonds. The minimum atomic E-state index is -1.24. The molecule has 2 aromatic carbocycles. The molecule has 4 rings (SSSR count). The molecule has 1 aliphatic heterocycles. The number of aryl methyl sites for hydroxylation is 1. The number of carbonyl (C=O) groups excluding carboxylic acids is 2. The average Bonchev–Trinajstić information content (AvgIpc) is 3.18. The summed E-state index contributed by atoms with van der Waals surface area (Å²) in [6.07, 6.45) is 0. The Morgan fingerprint density at radius 3 is 2.56 bits per heavy atom. The van der Waals surface area contributed by atoms with Crippen molar-refractivity contribution in [3.05, 3.63) is 71.5 Å². The lowest BCUT2D eigenvalue weighted by molar-refractivity contribution is -0.126. The molecule has 3 aromatic rings. The molecule has 166 valence electrons. The topological polar surface area (TPSA) is 85.7 Å². The molecular weight excluding hydrogens is 408 g/mol. The molecule has 0 saturated carbocycles. The number of rotatable bonds is 6. The number of nitrogens with zero attached hydrogens (tertiary/aromatic N) is 3. The highest BCUT2D eigenvalue weighted by Gasteiger charge is 2.49. The third-order valence-electron chi connectivity index (χ3n) is 5.69. The van der Waals surface area contributed by atoms with Gasteiger partial charge in [-0.05, 0) is 37.6 Å². The largest absolute Gasteiger partial charge is 0.497 e. The fourth-order valence-electron chi connectivity index (χ4n) is 4.03. The van der Waals surface area contributed by atoms with Crippen molar-refractivity contribution in [1.82, 2.24) is 15.1 Å². The molecule has 0 aliphatic carbocycles. The summed E-state index contributed by atoms with van der Waals surface area (Å²) >= 11 is 0. The van der Waals surface area contributed by atoms with Gasteiger partial charge in [0.25, 0.3) is 5.91 Å². The van der Waals surface area contributed by atoms with Crippen molar-refractivity contribution in [3.8, 4) is 11.5 Å². The monoisotopic (exact) mass is 434 g/mol. The molecule has 8 heteroatoms. The number of methoxy groups -OCH3 is 2. The third kappa shape index (κ3) is 3.68. The molecule has 1 aromatic heterocycles. The number of hydrogen-bond donors (Lipinski definition) is 1. The molecule has 0 unspecified atom stereocenters. The van der Waals surface area contributed by atoms with Gasteiger partial charge < -0.3 is 14.8 Å². The quantitative estimate of drug-likeness (QED) is 0.645. The zero-order chi connectivity index (χ0) is 22.9. The molecule has 32 heavy (non-hydrogen) atoms. The Bertz CT molecular complexity index is 1160. The van der Waals surface area contributed by atoms with Gasteiger partial charge in [-0.15, -0.1) is 0 Å². The van der Waals surface area contributed by atoms with Crippen LogP contribution in [0.2, 0.25) is 0 Å². The van der Waals surface area contributed by atoms with Gasteiger partial charge >= 0.3 is 0 Å². The molecule has 0 bridgehead atoms. The molecule has 1 N–H and O–H groups in total. The molecule has 1 aliphatic rings. The van der Waals surface area contributed by atoms with Gasteiger partial charge in [0.2, 0.25) is 5.91 Å². The van der Waals surface area contributed by atoms with Crippen LogP contribution in [0.5, 0.6) is 11.5 Å². The summed E-state index contributed by atoms with van der Waals surface area (Å²) in [4.78, 5) is 28.7. The predicted octanol–water partition coefficient (Wildman–Crippen LogP) is 2.94. The summed E-state index contributed by atoms with van der Waals surface area (Å²) in [5, 5.41) is 7.42. The summed E-state index contributed by atoms with van der Waals surface area (Å²) in [5.74, 6) is 0.416. The summed E-state index contributed by atoms with van der Waals surface area (Å²) in [6.45, 7) is 4.12. The summed E-state index contributed by atoms with van der Waals surface area (Å²) in [6, 6.07) is 16.5. The van der Waals surface area contributed by atoms with E-state index in [1.165, 1.54) is 12.0 Å². The third-order valence-corrected chi connectivity index (χ3v) is 5.69. The van der Waals surface area contributed by atoms with Gasteiger partial charge in [-0.1, -0.05) is 30.3 Å². The maximum Gasteiger partial charge on any atom is 0.277 e. The molecule has 1 atom stereocenters. The second kappa shape index (κ2) is 8.37. The first-order valence-corrected chi connectivity index (χ1v) is 10.3. The Kier molecular flexibility index (Phi) is 5.61. The highest BCUT2D eigenvalue weighted by molar-refractivity contribution is 6.12. The number of aromatic nitrogens is 2. The van der Waals surface area contributed by atoms with Crippen LogP contribution in [-0.2, 0) is 17.9 Å². The molecule has 0 saturated heterocycles. The molecule has 0 fully saturated rings. The van der Waals surface area contributed by atoms with E-state index in [0.717, 1.165) is 5.56 Å². The van der Waals surface area contributed by atoms with Crippen molar-refractivity contribution < 1.29 is 19.1 Å². The van der Waals surface area contributed by atoms with Crippen LogP contribution in [-0.4, -0.2) is 41.4 Å². The van der Waals surface area contributed by atoms with Gasteiger partial charge in [-0.25, -0.2) is 0 Å². The average molecular weight is 434 g/mol. The van der Waals surface area contributed by atoms with Crippen LogP contribution in [0.4, 0.5) is 5.69 Å². The number of fused-ring (bicyclic) bond motifs is 1. The summed E-state index contributed by atoms with van der Waals surface area (Å²) in [5.41, 5.74) is 1.35. The van der Waals surface area contributed by atoms with E-state index < -0.39 is 5.54 Å². The van der Waals surface area contributed by atoms with Crippen molar-refractivity contribution in [3.63, 3.8) is 0 Å². The van der Waals surface area contributed by atoms with E-state index in [1.54, 1.807) is 43.0 Å². The number of carbonyl (C=O) groups is 2. The molecule has 8 nitrogen and oxygen atoms in total. The Morgan fingerprint density at radius 2 is 1.88 bits per heavy atom. The fraction of sp³-hybridized carbons (Fsp3) is 0.292. The first-order chi connectivity index (χ1) is 15.4. The van der Waals surface area contributed by atoms with Gasteiger partial charge in [0, 0.05) is 12.6 Å². The maximum atomic E-state index is 13.6. The summed E-state index contributed by atoms with van der Waals surface area (Å²) < 4.78 is 12.5. The van der Waals surface area contributed by atoms with E-state index in [9.17, 15) is 9.59 Å². The SMILES string of the molecule is COc1ccc(N2C(=O)c3cc(C)nn3C[C@@]2(C)C(=O)NCc2ccccc2)c(OC)c1. The smallest absolute Gasteiger partial charge is 0.277 e. The van der Waals surface area contributed by atoms with Crippen molar-refractivity contribution in [2.45, 2.75) is 32.5 Å². The Morgan fingerprint density at radius 1 is 1.12 bits per heavy atom.